The summed E-state index contributed by atoms with van der Waals surface area (Å²) in [4.78, 5) is 12.1. The minimum atomic E-state index is -4.33. The van der Waals surface area contributed by atoms with Crippen LogP contribution >= 0.6 is 0 Å². The zero-order chi connectivity index (χ0) is 20.2. The smallest absolute Gasteiger partial charge is 0.410 e. The van der Waals surface area contributed by atoms with E-state index in [1.807, 2.05) is 31.2 Å². The summed E-state index contributed by atoms with van der Waals surface area (Å²) >= 11 is 0. The molecule has 0 heterocycles. The summed E-state index contributed by atoms with van der Waals surface area (Å²) in [5.74, 6) is 0.396. The Kier molecular flexibility index (Phi) is 5.58. The molecule has 0 bridgehead atoms. The van der Waals surface area contributed by atoms with Crippen LogP contribution in [0.2, 0.25) is 0 Å². The van der Waals surface area contributed by atoms with Gasteiger partial charge in [0.15, 0.2) is 0 Å². The van der Waals surface area contributed by atoms with E-state index in [2.05, 4.69) is 5.32 Å². The molecule has 1 unspecified atom stereocenters. The highest BCUT2D eigenvalue weighted by atomic mass is 19.4. The predicted molar refractivity (Wildman–Crippen MR) is 101 cm³/mol. The van der Waals surface area contributed by atoms with Crippen molar-refractivity contribution in [3.05, 3.63) is 89.5 Å². The van der Waals surface area contributed by atoms with Gasteiger partial charge in [-0.1, -0.05) is 48.6 Å². The molecule has 146 valence electrons. The first-order chi connectivity index (χ1) is 13.2. The molecule has 3 rings (SSSR count). The first-order valence-electron chi connectivity index (χ1n) is 8.83. The van der Waals surface area contributed by atoms with Gasteiger partial charge in [0.05, 0.1) is 11.1 Å². The van der Waals surface area contributed by atoms with E-state index in [0.29, 0.717) is 18.6 Å². The molecule has 1 N–H and O–H groups in total. The number of halogens is 3. The Morgan fingerprint density at radius 1 is 1.04 bits per heavy atom. The molecule has 1 atom stereocenters. The summed E-state index contributed by atoms with van der Waals surface area (Å²) in [6, 6.07) is 12.0. The summed E-state index contributed by atoms with van der Waals surface area (Å²) in [5, 5.41) is 2.82. The number of rotatable bonds is 4. The maximum Gasteiger partial charge on any atom is 0.416 e. The van der Waals surface area contributed by atoms with Crippen molar-refractivity contribution < 1.29 is 22.7 Å². The highest BCUT2D eigenvalue weighted by molar-refractivity contribution is 5.71. The second-order valence-electron chi connectivity index (χ2n) is 6.94. The van der Waals surface area contributed by atoms with E-state index >= 15 is 0 Å². The highest BCUT2D eigenvalue weighted by Crippen LogP contribution is 2.29. The molecule has 0 radical (unpaired) electrons. The van der Waals surface area contributed by atoms with Gasteiger partial charge in [0.2, 0.25) is 0 Å². The van der Waals surface area contributed by atoms with Crippen LogP contribution in [0.4, 0.5) is 18.0 Å². The van der Waals surface area contributed by atoms with Crippen LogP contribution in [-0.2, 0) is 12.6 Å². The zero-order valence-corrected chi connectivity index (χ0v) is 15.3. The van der Waals surface area contributed by atoms with Crippen molar-refractivity contribution in [2.24, 2.45) is 0 Å². The number of carbonyl (C=O) groups excluding carboxylic acids is 1. The number of nitrogens with one attached hydrogen (secondary N) is 1. The Balaban J connectivity index is 1.57. The Bertz CT molecular complexity index is 883. The average molecular weight is 387 g/mol. The minimum absolute atomic E-state index is 0.396. The minimum Gasteiger partial charge on any atom is -0.410 e. The number of amides is 1. The number of ether oxygens (including phenoxy) is 1. The van der Waals surface area contributed by atoms with Gasteiger partial charge in [-0.15, -0.1) is 0 Å². The van der Waals surface area contributed by atoms with Crippen molar-refractivity contribution in [2.75, 3.05) is 0 Å². The van der Waals surface area contributed by atoms with Gasteiger partial charge >= 0.3 is 12.3 Å². The summed E-state index contributed by atoms with van der Waals surface area (Å²) in [6.45, 7) is 1.90. The Labute approximate surface area is 161 Å². The first-order valence-corrected chi connectivity index (χ1v) is 8.83. The van der Waals surface area contributed by atoms with Gasteiger partial charge in [0.1, 0.15) is 5.75 Å². The SMILES string of the molecule is CC1(NC(=O)Oc2ccc(Cc3ccc(C(F)(F)F)cc3)cc2)C=CC=CC1. The van der Waals surface area contributed by atoms with Gasteiger partial charge in [0.25, 0.3) is 0 Å². The number of hydrogen-bond acceptors (Lipinski definition) is 2. The van der Waals surface area contributed by atoms with Crippen molar-refractivity contribution in [3.63, 3.8) is 0 Å². The van der Waals surface area contributed by atoms with Crippen LogP contribution in [-0.4, -0.2) is 11.6 Å². The third-order valence-electron chi connectivity index (χ3n) is 4.46. The molecule has 1 amide bonds. The second-order valence-corrected chi connectivity index (χ2v) is 6.94. The molecule has 2 aromatic rings. The van der Waals surface area contributed by atoms with E-state index in [1.165, 1.54) is 12.1 Å². The molecule has 6 heteroatoms. The molecule has 0 saturated carbocycles. The molecule has 1 aliphatic rings. The van der Waals surface area contributed by atoms with Crippen LogP contribution in [0.3, 0.4) is 0 Å². The number of benzene rings is 2. The standard InChI is InChI=1S/C22H20F3NO2/c1-21(13-3-2-4-14-21)26-20(27)28-19-11-7-17(8-12-19)15-16-5-9-18(10-6-16)22(23,24)25/h2-13H,14-15H2,1H3,(H,26,27). The van der Waals surface area contributed by atoms with E-state index in [9.17, 15) is 18.0 Å². The van der Waals surface area contributed by atoms with Crippen LogP contribution in [0, 0.1) is 0 Å². The topological polar surface area (TPSA) is 38.3 Å². The molecule has 0 saturated heterocycles. The zero-order valence-electron chi connectivity index (χ0n) is 15.3. The molecule has 0 aliphatic heterocycles. The lowest BCUT2D eigenvalue weighted by atomic mass is 9.94. The fourth-order valence-corrected chi connectivity index (χ4v) is 2.91. The van der Waals surface area contributed by atoms with E-state index in [-0.39, 0.29) is 0 Å². The molecule has 3 nitrogen and oxygen atoms in total. The Morgan fingerprint density at radius 2 is 1.64 bits per heavy atom. The number of carbonyl (C=O) groups is 1. The van der Waals surface area contributed by atoms with Crippen LogP contribution in [0.1, 0.15) is 30.0 Å². The average Bonchev–Trinajstić information content (AvgIpc) is 2.63. The van der Waals surface area contributed by atoms with Crippen LogP contribution in [0.5, 0.6) is 5.75 Å². The molecule has 0 aromatic heterocycles. The maximum atomic E-state index is 12.6. The Morgan fingerprint density at radius 3 is 2.18 bits per heavy atom. The maximum absolute atomic E-state index is 12.6. The van der Waals surface area contributed by atoms with E-state index in [0.717, 1.165) is 23.3 Å². The molecule has 0 fully saturated rings. The van der Waals surface area contributed by atoms with Crippen molar-refractivity contribution in [1.82, 2.24) is 5.32 Å². The van der Waals surface area contributed by atoms with E-state index in [1.54, 1.807) is 24.3 Å². The highest BCUT2D eigenvalue weighted by Gasteiger charge is 2.29. The number of alkyl halides is 3. The van der Waals surface area contributed by atoms with Crippen LogP contribution in [0.15, 0.2) is 72.8 Å². The summed E-state index contributed by atoms with van der Waals surface area (Å²) in [7, 11) is 0. The lowest BCUT2D eigenvalue weighted by Gasteiger charge is -2.27. The molecule has 1 aliphatic carbocycles. The second kappa shape index (κ2) is 7.92. The predicted octanol–water partition coefficient (Wildman–Crippen LogP) is 5.66. The van der Waals surface area contributed by atoms with Gasteiger partial charge in [0, 0.05) is 0 Å². The number of hydrogen-bond donors (Lipinski definition) is 1. The quantitative estimate of drug-likeness (QED) is 0.735. The molecular formula is C22H20F3NO2. The molecule has 28 heavy (non-hydrogen) atoms. The summed E-state index contributed by atoms with van der Waals surface area (Å²) in [6.07, 6.45) is 3.96. The van der Waals surface area contributed by atoms with Crippen molar-refractivity contribution in [2.45, 2.75) is 31.5 Å². The summed E-state index contributed by atoms with van der Waals surface area (Å²) in [5.41, 5.74) is 0.529. The lowest BCUT2D eigenvalue weighted by molar-refractivity contribution is -0.137. The fraction of sp³-hybridized carbons (Fsp3) is 0.227. The van der Waals surface area contributed by atoms with Gasteiger partial charge < -0.3 is 10.1 Å². The monoisotopic (exact) mass is 387 g/mol. The van der Waals surface area contributed by atoms with E-state index < -0.39 is 23.4 Å². The normalized spacial score (nSPS) is 18.7. The van der Waals surface area contributed by atoms with Gasteiger partial charge in [-0.2, -0.15) is 13.2 Å². The van der Waals surface area contributed by atoms with Gasteiger partial charge in [-0.25, -0.2) is 4.79 Å². The van der Waals surface area contributed by atoms with Crippen LogP contribution in [0.25, 0.3) is 0 Å². The third-order valence-corrected chi connectivity index (χ3v) is 4.46. The third kappa shape index (κ3) is 5.25. The van der Waals surface area contributed by atoms with Gasteiger partial charge in [-0.05, 0) is 55.2 Å². The van der Waals surface area contributed by atoms with Crippen molar-refractivity contribution in [3.8, 4) is 5.75 Å². The molecular weight excluding hydrogens is 367 g/mol. The van der Waals surface area contributed by atoms with Gasteiger partial charge in [-0.3, -0.25) is 0 Å². The molecule has 0 spiro atoms. The first kappa shape index (κ1) is 19.7. The molecule has 2 aromatic carbocycles. The van der Waals surface area contributed by atoms with Crippen molar-refractivity contribution >= 4 is 6.09 Å². The Hall–Kier alpha value is -3.02. The van der Waals surface area contributed by atoms with E-state index in [4.69, 9.17) is 4.74 Å². The fourth-order valence-electron chi connectivity index (χ4n) is 2.91. The number of allylic oxidation sites excluding steroid dienone is 2. The van der Waals surface area contributed by atoms with Crippen LogP contribution < -0.4 is 10.1 Å². The lowest BCUT2D eigenvalue weighted by Crippen LogP contribution is -2.45. The van der Waals surface area contributed by atoms with Crippen molar-refractivity contribution in [1.29, 1.82) is 0 Å². The largest absolute Gasteiger partial charge is 0.416 e. The summed E-state index contributed by atoms with van der Waals surface area (Å²) < 4.78 is 43.1.